The number of primary amides is 1. The molecular formula is C14H19N3O2. The summed E-state index contributed by atoms with van der Waals surface area (Å²) in [4.78, 5) is 25.0. The first-order valence-electron chi connectivity index (χ1n) is 6.52. The van der Waals surface area contributed by atoms with E-state index in [-0.39, 0.29) is 17.7 Å². The van der Waals surface area contributed by atoms with Gasteiger partial charge in [0.2, 0.25) is 11.8 Å². The van der Waals surface area contributed by atoms with Crippen molar-refractivity contribution in [2.75, 3.05) is 25.0 Å². The number of para-hydroxylation sites is 1. The minimum Gasteiger partial charge on any atom is -0.369 e. The van der Waals surface area contributed by atoms with Gasteiger partial charge in [0.25, 0.3) is 0 Å². The van der Waals surface area contributed by atoms with Crippen molar-refractivity contribution in [3.05, 3.63) is 30.3 Å². The maximum atomic E-state index is 11.9. The van der Waals surface area contributed by atoms with Crippen molar-refractivity contribution in [2.24, 2.45) is 11.7 Å². The molecule has 1 aromatic carbocycles. The highest BCUT2D eigenvalue weighted by molar-refractivity contribution is 5.92. The topological polar surface area (TPSA) is 75.4 Å². The molecule has 3 N–H and O–H groups in total. The highest BCUT2D eigenvalue weighted by Crippen LogP contribution is 2.16. The molecule has 1 aliphatic rings. The van der Waals surface area contributed by atoms with Gasteiger partial charge >= 0.3 is 0 Å². The quantitative estimate of drug-likeness (QED) is 0.842. The van der Waals surface area contributed by atoms with Crippen LogP contribution in [0.3, 0.4) is 0 Å². The number of benzene rings is 1. The van der Waals surface area contributed by atoms with E-state index in [1.165, 1.54) is 0 Å². The lowest BCUT2D eigenvalue weighted by Crippen LogP contribution is -2.42. The Bertz CT molecular complexity index is 439. The van der Waals surface area contributed by atoms with Gasteiger partial charge in [0.15, 0.2) is 0 Å². The summed E-state index contributed by atoms with van der Waals surface area (Å²) in [5, 5.41) is 2.85. The van der Waals surface area contributed by atoms with E-state index in [1.54, 1.807) is 0 Å². The number of nitrogens with one attached hydrogen (secondary N) is 1. The third-order valence-corrected chi connectivity index (χ3v) is 3.41. The summed E-state index contributed by atoms with van der Waals surface area (Å²) in [6.07, 6.45) is 1.49. The number of nitrogens with two attached hydrogens (primary N) is 1. The van der Waals surface area contributed by atoms with Crippen LogP contribution < -0.4 is 11.1 Å². The van der Waals surface area contributed by atoms with Gasteiger partial charge in [0.05, 0.1) is 6.54 Å². The zero-order chi connectivity index (χ0) is 13.7. The van der Waals surface area contributed by atoms with E-state index in [1.807, 2.05) is 30.3 Å². The van der Waals surface area contributed by atoms with Crippen molar-refractivity contribution in [1.29, 1.82) is 0 Å². The van der Waals surface area contributed by atoms with Crippen LogP contribution in [0, 0.1) is 5.92 Å². The van der Waals surface area contributed by atoms with Crippen LogP contribution in [-0.2, 0) is 9.59 Å². The zero-order valence-corrected chi connectivity index (χ0v) is 10.8. The lowest BCUT2D eigenvalue weighted by atomic mass is 9.96. The van der Waals surface area contributed by atoms with E-state index in [2.05, 4.69) is 10.2 Å². The molecule has 0 aromatic heterocycles. The average Bonchev–Trinajstić information content (AvgIpc) is 2.40. The van der Waals surface area contributed by atoms with Crippen LogP contribution in [0.4, 0.5) is 5.69 Å². The minimum atomic E-state index is -0.228. The van der Waals surface area contributed by atoms with Crippen molar-refractivity contribution in [2.45, 2.75) is 12.8 Å². The van der Waals surface area contributed by atoms with Gasteiger partial charge < -0.3 is 11.1 Å². The van der Waals surface area contributed by atoms with Gasteiger partial charge in [-0.15, -0.1) is 0 Å². The van der Waals surface area contributed by atoms with Crippen LogP contribution >= 0.6 is 0 Å². The van der Waals surface area contributed by atoms with Crippen molar-refractivity contribution < 1.29 is 9.59 Å². The fourth-order valence-corrected chi connectivity index (χ4v) is 2.30. The van der Waals surface area contributed by atoms with E-state index >= 15 is 0 Å². The molecule has 0 saturated carbocycles. The molecule has 2 rings (SSSR count). The SMILES string of the molecule is NC(=O)C1CCN(CC(=O)Nc2ccccc2)CC1. The van der Waals surface area contributed by atoms with Gasteiger partial charge in [-0.05, 0) is 38.1 Å². The molecular weight excluding hydrogens is 242 g/mol. The summed E-state index contributed by atoms with van der Waals surface area (Å²) in [6, 6.07) is 9.39. The predicted octanol–water partition coefficient (Wildman–Crippen LogP) is 0.822. The molecule has 0 spiro atoms. The summed E-state index contributed by atoms with van der Waals surface area (Å²) in [5.41, 5.74) is 6.08. The lowest BCUT2D eigenvalue weighted by Gasteiger charge is -2.29. The Kier molecular flexibility index (Phi) is 4.52. The number of piperidine rings is 1. The largest absolute Gasteiger partial charge is 0.369 e. The van der Waals surface area contributed by atoms with Gasteiger partial charge in [-0.25, -0.2) is 0 Å². The molecule has 5 heteroatoms. The Morgan fingerprint density at radius 2 is 1.84 bits per heavy atom. The molecule has 19 heavy (non-hydrogen) atoms. The van der Waals surface area contributed by atoms with E-state index in [4.69, 9.17) is 5.73 Å². The van der Waals surface area contributed by atoms with Gasteiger partial charge in [0, 0.05) is 11.6 Å². The number of rotatable bonds is 4. The zero-order valence-electron chi connectivity index (χ0n) is 10.8. The second kappa shape index (κ2) is 6.33. The Hall–Kier alpha value is -1.88. The highest BCUT2D eigenvalue weighted by Gasteiger charge is 2.24. The first kappa shape index (κ1) is 13.5. The Morgan fingerprint density at radius 1 is 1.21 bits per heavy atom. The number of hydrogen-bond donors (Lipinski definition) is 2. The number of carbonyl (C=O) groups excluding carboxylic acids is 2. The first-order chi connectivity index (χ1) is 9.15. The third-order valence-electron chi connectivity index (χ3n) is 3.41. The standard InChI is InChI=1S/C14H19N3O2/c15-14(19)11-6-8-17(9-7-11)10-13(18)16-12-4-2-1-3-5-12/h1-5,11H,6-10H2,(H2,15,19)(H,16,18). The van der Waals surface area contributed by atoms with Crippen LogP contribution in [0.2, 0.25) is 0 Å². The summed E-state index contributed by atoms with van der Waals surface area (Å²) in [7, 11) is 0. The van der Waals surface area contributed by atoms with Crippen LogP contribution in [0.5, 0.6) is 0 Å². The molecule has 0 radical (unpaired) electrons. The molecule has 1 fully saturated rings. The molecule has 1 heterocycles. The summed E-state index contributed by atoms with van der Waals surface area (Å²) in [6.45, 7) is 1.85. The highest BCUT2D eigenvalue weighted by atomic mass is 16.2. The van der Waals surface area contributed by atoms with Gasteiger partial charge in [-0.2, -0.15) is 0 Å². The maximum Gasteiger partial charge on any atom is 0.238 e. The third kappa shape index (κ3) is 4.06. The Morgan fingerprint density at radius 3 is 2.42 bits per heavy atom. The fraction of sp³-hybridized carbons (Fsp3) is 0.429. The van der Waals surface area contributed by atoms with E-state index in [9.17, 15) is 9.59 Å². The number of likely N-dealkylation sites (tertiary alicyclic amines) is 1. The Labute approximate surface area is 112 Å². The molecule has 0 unspecified atom stereocenters. The molecule has 1 saturated heterocycles. The van der Waals surface area contributed by atoms with Crippen molar-refractivity contribution in [3.8, 4) is 0 Å². The number of carbonyl (C=O) groups is 2. The number of anilines is 1. The lowest BCUT2D eigenvalue weighted by molar-refractivity contribution is -0.123. The van der Waals surface area contributed by atoms with E-state index in [0.29, 0.717) is 6.54 Å². The molecule has 0 aliphatic carbocycles. The fourth-order valence-electron chi connectivity index (χ4n) is 2.30. The van der Waals surface area contributed by atoms with Crippen molar-refractivity contribution in [3.63, 3.8) is 0 Å². The van der Waals surface area contributed by atoms with Crippen molar-refractivity contribution >= 4 is 17.5 Å². The van der Waals surface area contributed by atoms with E-state index < -0.39 is 0 Å². The maximum absolute atomic E-state index is 11.9. The number of hydrogen-bond acceptors (Lipinski definition) is 3. The number of amides is 2. The molecule has 0 bridgehead atoms. The predicted molar refractivity (Wildman–Crippen MR) is 73.4 cm³/mol. The monoisotopic (exact) mass is 261 g/mol. The van der Waals surface area contributed by atoms with Gasteiger partial charge in [-0.3, -0.25) is 14.5 Å². The smallest absolute Gasteiger partial charge is 0.238 e. The van der Waals surface area contributed by atoms with E-state index in [0.717, 1.165) is 31.6 Å². The molecule has 1 aromatic rings. The van der Waals surface area contributed by atoms with Crippen LogP contribution in [-0.4, -0.2) is 36.3 Å². The van der Waals surface area contributed by atoms with Crippen molar-refractivity contribution in [1.82, 2.24) is 4.90 Å². The molecule has 5 nitrogen and oxygen atoms in total. The van der Waals surface area contributed by atoms with Crippen LogP contribution in [0.25, 0.3) is 0 Å². The second-order valence-electron chi connectivity index (χ2n) is 4.87. The normalized spacial score (nSPS) is 17.1. The second-order valence-corrected chi connectivity index (χ2v) is 4.87. The Balaban J connectivity index is 1.76. The van der Waals surface area contributed by atoms with Gasteiger partial charge in [0.1, 0.15) is 0 Å². The summed E-state index contributed by atoms with van der Waals surface area (Å²) < 4.78 is 0. The van der Waals surface area contributed by atoms with Crippen LogP contribution in [0.15, 0.2) is 30.3 Å². The minimum absolute atomic E-state index is 0.0243. The van der Waals surface area contributed by atoms with Gasteiger partial charge in [-0.1, -0.05) is 18.2 Å². The summed E-state index contributed by atoms with van der Waals surface area (Å²) in [5.74, 6) is -0.287. The molecule has 102 valence electrons. The first-order valence-corrected chi connectivity index (χ1v) is 6.52. The molecule has 1 aliphatic heterocycles. The molecule has 0 atom stereocenters. The molecule has 2 amide bonds. The average molecular weight is 261 g/mol. The summed E-state index contributed by atoms with van der Waals surface area (Å²) >= 11 is 0. The number of nitrogens with zero attached hydrogens (tertiary/aromatic N) is 1. The van der Waals surface area contributed by atoms with Crippen LogP contribution in [0.1, 0.15) is 12.8 Å².